The Kier molecular flexibility index (Phi) is 6.23. The molecule has 0 radical (unpaired) electrons. The highest BCUT2D eigenvalue weighted by Crippen LogP contribution is 2.07. The molecule has 0 heterocycles. The molecule has 0 fully saturated rings. The molecular weight excluding hydrogens is 208 g/mol. The van der Waals surface area contributed by atoms with Crippen LogP contribution in [0, 0.1) is 18.8 Å². The summed E-state index contributed by atoms with van der Waals surface area (Å²) in [5, 5.41) is 3.50. The Labute approximate surface area is 106 Å². The number of aryl methyl sites for hydroxylation is 1. The smallest absolute Gasteiger partial charge is 0.000588 e. The molecule has 0 aliphatic heterocycles. The van der Waals surface area contributed by atoms with Crippen LogP contribution < -0.4 is 11.1 Å². The second-order valence-electron chi connectivity index (χ2n) is 5.18. The molecule has 2 nitrogen and oxygen atoms in total. The zero-order chi connectivity index (χ0) is 12.7. The van der Waals surface area contributed by atoms with E-state index in [0.29, 0.717) is 11.8 Å². The Morgan fingerprint density at radius 3 is 2.35 bits per heavy atom. The number of nitrogens with two attached hydrogens (primary N) is 1. The average Bonchev–Trinajstić information content (AvgIpc) is 2.31. The zero-order valence-corrected chi connectivity index (χ0v) is 11.4. The first-order valence-corrected chi connectivity index (χ1v) is 6.59. The second-order valence-corrected chi connectivity index (χ2v) is 5.18. The first-order chi connectivity index (χ1) is 8.13. The van der Waals surface area contributed by atoms with E-state index < -0.39 is 0 Å². The van der Waals surface area contributed by atoms with Crippen molar-refractivity contribution in [2.75, 3.05) is 19.6 Å². The maximum atomic E-state index is 5.74. The van der Waals surface area contributed by atoms with Crippen LogP contribution in [-0.2, 0) is 6.42 Å². The molecule has 1 unspecified atom stereocenters. The third kappa shape index (κ3) is 5.33. The topological polar surface area (TPSA) is 38.0 Å². The lowest BCUT2D eigenvalue weighted by molar-refractivity contribution is 0.372. The van der Waals surface area contributed by atoms with Crippen LogP contribution >= 0.6 is 0 Å². The van der Waals surface area contributed by atoms with Crippen molar-refractivity contribution in [3.63, 3.8) is 0 Å². The molecular formula is C15H26N2. The lowest BCUT2D eigenvalue weighted by Gasteiger charge is -2.19. The molecule has 0 saturated carbocycles. The van der Waals surface area contributed by atoms with Crippen LogP contribution in [0.1, 0.15) is 25.0 Å². The summed E-state index contributed by atoms with van der Waals surface area (Å²) in [6.07, 6.45) is 1.09. The minimum absolute atomic E-state index is 0.591. The van der Waals surface area contributed by atoms with Crippen molar-refractivity contribution >= 4 is 0 Å². The molecule has 3 N–H and O–H groups in total. The largest absolute Gasteiger partial charge is 0.330 e. The van der Waals surface area contributed by atoms with E-state index in [1.54, 1.807) is 0 Å². The van der Waals surface area contributed by atoms with Gasteiger partial charge in [-0.15, -0.1) is 0 Å². The van der Waals surface area contributed by atoms with Gasteiger partial charge in [0.15, 0.2) is 0 Å². The Balaban J connectivity index is 2.22. The van der Waals surface area contributed by atoms with Gasteiger partial charge in [0.1, 0.15) is 0 Å². The van der Waals surface area contributed by atoms with Crippen LogP contribution in [0.4, 0.5) is 0 Å². The first kappa shape index (κ1) is 14.2. The van der Waals surface area contributed by atoms with E-state index in [-0.39, 0.29) is 0 Å². The molecule has 1 aromatic rings. The van der Waals surface area contributed by atoms with Gasteiger partial charge in [0.05, 0.1) is 0 Å². The molecule has 1 aromatic carbocycles. The van der Waals surface area contributed by atoms with Crippen molar-refractivity contribution in [2.24, 2.45) is 17.6 Å². The Bertz CT molecular complexity index is 303. The lowest BCUT2D eigenvalue weighted by atomic mass is 9.96. The van der Waals surface area contributed by atoms with Crippen molar-refractivity contribution in [2.45, 2.75) is 27.2 Å². The highest BCUT2D eigenvalue weighted by Gasteiger charge is 2.09. The molecule has 0 bridgehead atoms. The van der Waals surface area contributed by atoms with Gasteiger partial charge in [-0.05, 0) is 50.4 Å². The Hall–Kier alpha value is -0.860. The molecule has 1 rings (SSSR count). The third-order valence-corrected chi connectivity index (χ3v) is 3.36. The van der Waals surface area contributed by atoms with Crippen LogP contribution in [0.15, 0.2) is 24.3 Å². The fraction of sp³-hybridized carbons (Fsp3) is 0.600. The number of hydrogen-bond acceptors (Lipinski definition) is 2. The van der Waals surface area contributed by atoms with E-state index in [1.807, 2.05) is 0 Å². The highest BCUT2D eigenvalue weighted by molar-refractivity contribution is 5.21. The van der Waals surface area contributed by atoms with Gasteiger partial charge in [-0.3, -0.25) is 0 Å². The predicted octanol–water partition coefficient (Wildman–Crippen LogP) is 2.36. The van der Waals surface area contributed by atoms with E-state index in [9.17, 15) is 0 Å². The van der Waals surface area contributed by atoms with E-state index in [0.717, 1.165) is 26.1 Å². The minimum atomic E-state index is 0.591. The van der Waals surface area contributed by atoms with Crippen LogP contribution in [0.5, 0.6) is 0 Å². The number of hydrogen-bond donors (Lipinski definition) is 2. The van der Waals surface area contributed by atoms with Gasteiger partial charge in [-0.25, -0.2) is 0 Å². The van der Waals surface area contributed by atoms with Crippen LogP contribution in [-0.4, -0.2) is 19.6 Å². The van der Waals surface area contributed by atoms with E-state index in [4.69, 9.17) is 5.73 Å². The summed E-state index contributed by atoms with van der Waals surface area (Å²) in [7, 11) is 0. The standard InChI is InChI=1S/C15H26N2/c1-12(2)15(10-16)11-17-9-8-14-6-4-13(3)5-7-14/h4-7,12,15,17H,8-11,16H2,1-3H3. The number of rotatable bonds is 7. The van der Waals surface area contributed by atoms with Gasteiger partial charge >= 0.3 is 0 Å². The molecule has 1 atom stereocenters. The summed E-state index contributed by atoms with van der Waals surface area (Å²) in [4.78, 5) is 0. The molecule has 0 spiro atoms. The van der Waals surface area contributed by atoms with Gasteiger partial charge in [-0.1, -0.05) is 43.7 Å². The number of benzene rings is 1. The SMILES string of the molecule is Cc1ccc(CCNCC(CN)C(C)C)cc1. The summed E-state index contributed by atoms with van der Waals surface area (Å²) in [6, 6.07) is 8.76. The Morgan fingerprint density at radius 2 is 1.82 bits per heavy atom. The van der Waals surface area contributed by atoms with Crippen molar-refractivity contribution in [3.8, 4) is 0 Å². The summed E-state index contributed by atoms with van der Waals surface area (Å²) in [6.45, 7) is 9.43. The van der Waals surface area contributed by atoms with Crippen molar-refractivity contribution in [1.29, 1.82) is 0 Å². The van der Waals surface area contributed by atoms with E-state index >= 15 is 0 Å². The van der Waals surface area contributed by atoms with Crippen molar-refractivity contribution < 1.29 is 0 Å². The summed E-state index contributed by atoms with van der Waals surface area (Å²) in [5.74, 6) is 1.25. The van der Waals surface area contributed by atoms with Crippen molar-refractivity contribution in [1.82, 2.24) is 5.32 Å². The third-order valence-electron chi connectivity index (χ3n) is 3.36. The fourth-order valence-corrected chi connectivity index (χ4v) is 1.87. The van der Waals surface area contributed by atoms with Crippen LogP contribution in [0.25, 0.3) is 0 Å². The quantitative estimate of drug-likeness (QED) is 0.711. The molecule has 0 aliphatic carbocycles. The average molecular weight is 234 g/mol. The number of nitrogens with one attached hydrogen (secondary N) is 1. The fourth-order valence-electron chi connectivity index (χ4n) is 1.87. The maximum absolute atomic E-state index is 5.74. The zero-order valence-electron chi connectivity index (χ0n) is 11.4. The van der Waals surface area contributed by atoms with Gasteiger partial charge in [-0.2, -0.15) is 0 Å². The Morgan fingerprint density at radius 1 is 1.18 bits per heavy atom. The molecule has 0 saturated heterocycles. The minimum Gasteiger partial charge on any atom is -0.330 e. The van der Waals surface area contributed by atoms with Crippen molar-refractivity contribution in [3.05, 3.63) is 35.4 Å². The molecule has 96 valence electrons. The normalized spacial score (nSPS) is 13.0. The molecule has 0 aromatic heterocycles. The maximum Gasteiger partial charge on any atom is -0.000588 e. The van der Waals surface area contributed by atoms with Gasteiger partial charge in [0.2, 0.25) is 0 Å². The summed E-state index contributed by atoms with van der Waals surface area (Å²) in [5.41, 5.74) is 8.47. The van der Waals surface area contributed by atoms with E-state index in [2.05, 4.69) is 50.4 Å². The summed E-state index contributed by atoms with van der Waals surface area (Å²) < 4.78 is 0. The highest BCUT2D eigenvalue weighted by atomic mass is 14.9. The molecule has 0 amide bonds. The van der Waals surface area contributed by atoms with E-state index in [1.165, 1.54) is 11.1 Å². The van der Waals surface area contributed by atoms with Crippen LogP contribution in [0.2, 0.25) is 0 Å². The summed E-state index contributed by atoms with van der Waals surface area (Å²) >= 11 is 0. The predicted molar refractivity (Wildman–Crippen MR) is 75.1 cm³/mol. The monoisotopic (exact) mass is 234 g/mol. The van der Waals surface area contributed by atoms with Gasteiger partial charge < -0.3 is 11.1 Å². The van der Waals surface area contributed by atoms with Gasteiger partial charge in [0, 0.05) is 0 Å². The lowest BCUT2D eigenvalue weighted by Crippen LogP contribution is -2.32. The first-order valence-electron chi connectivity index (χ1n) is 6.59. The second kappa shape index (κ2) is 7.46. The van der Waals surface area contributed by atoms with Crippen LogP contribution in [0.3, 0.4) is 0 Å². The van der Waals surface area contributed by atoms with Gasteiger partial charge in [0.25, 0.3) is 0 Å². The molecule has 2 heteroatoms. The molecule has 17 heavy (non-hydrogen) atoms. The molecule has 0 aliphatic rings.